The number of hydrogen-bond acceptors (Lipinski definition) is 3. The Labute approximate surface area is 110 Å². The van der Waals surface area contributed by atoms with Gasteiger partial charge in [-0.2, -0.15) is 5.26 Å². The molecule has 0 saturated carbocycles. The number of anilines is 2. The molecule has 0 unspecified atom stereocenters. The van der Waals surface area contributed by atoms with E-state index < -0.39 is 5.97 Å². The van der Waals surface area contributed by atoms with Gasteiger partial charge in [-0.3, -0.25) is 4.79 Å². The van der Waals surface area contributed by atoms with Crippen LogP contribution in [0.4, 0.5) is 11.4 Å². The first-order chi connectivity index (χ1) is 9.17. The molecule has 94 valence electrons. The van der Waals surface area contributed by atoms with Gasteiger partial charge < -0.3 is 10.4 Å². The molecule has 0 fully saturated rings. The van der Waals surface area contributed by atoms with Gasteiger partial charge in [-0.05, 0) is 35.9 Å². The van der Waals surface area contributed by atoms with Gasteiger partial charge in [0.1, 0.15) is 0 Å². The predicted molar refractivity (Wildman–Crippen MR) is 72.2 cm³/mol. The lowest BCUT2D eigenvalue weighted by atomic mass is 10.1. The number of carbonyl (C=O) groups is 1. The molecule has 0 bridgehead atoms. The molecule has 0 aromatic heterocycles. The third kappa shape index (κ3) is 3.58. The van der Waals surface area contributed by atoms with E-state index in [1.807, 2.05) is 18.2 Å². The van der Waals surface area contributed by atoms with Crippen LogP contribution >= 0.6 is 0 Å². The molecule has 0 aliphatic carbocycles. The summed E-state index contributed by atoms with van der Waals surface area (Å²) in [7, 11) is 0. The summed E-state index contributed by atoms with van der Waals surface area (Å²) < 4.78 is 0. The van der Waals surface area contributed by atoms with Crippen LogP contribution < -0.4 is 5.32 Å². The Bertz CT molecular complexity index is 627. The molecule has 2 rings (SSSR count). The van der Waals surface area contributed by atoms with E-state index in [2.05, 4.69) is 11.4 Å². The van der Waals surface area contributed by atoms with E-state index in [-0.39, 0.29) is 6.42 Å². The van der Waals surface area contributed by atoms with Crippen molar-refractivity contribution >= 4 is 17.3 Å². The minimum Gasteiger partial charge on any atom is -0.481 e. The first-order valence-electron chi connectivity index (χ1n) is 5.75. The minimum atomic E-state index is -0.845. The predicted octanol–water partition coefficient (Wildman–Crippen LogP) is 2.93. The molecule has 0 aliphatic rings. The molecule has 2 aromatic carbocycles. The molecule has 0 spiro atoms. The van der Waals surface area contributed by atoms with Gasteiger partial charge in [0.15, 0.2) is 0 Å². The SMILES string of the molecule is N#Cc1cccc(Nc2ccc(CC(=O)O)cc2)c1. The fraction of sp³-hybridized carbons (Fsp3) is 0.0667. The van der Waals surface area contributed by atoms with E-state index in [0.717, 1.165) is 16.9 Å². The normalized spacial score (nSPS) is 9.63. The highest BCUT2D eigenvalue weighted by molar-refractivity contribution is 5.70. The monoisotopic (exact) mass is 252 g/mol. The fourth-order valence-electron chi connectivity index (χ4n) is 1.71. The average Bonchev–Trinajstić information content (AvgIpc) is 2.41. The first kappa shape index (κ1) is 12.7. The molecule has 0 amide bonds. The highest BCUT2D eigenvalue weighted by Crippen LogP contribution is 2.18. The summed E-state index contributed by atoms with van der Waals surface area (Å²) >= 11 is 0. The lowest BCUT2D eigenvalue weighted by Crippen LogP contribution is -1.99. The third-order valence-corrected chi connectivity index (χ3v) is 2.59. The molecule has 19 heavy (non-hydrogen) atoms. The number of carboxylic acid groups (broad SMARTS) is 1. The Hall–Kier alpha value is -2.80. The zero-order valence-electron chi connectivity index (χ0n) is 10.1. The maximum Gasteiger partial charge on any atom is 0.307 e. The van der Waals surface area contributed by atoms with Gasteiger partial charge in [0.25, 0.3) is 0 Å². The van der Waals surface area contributed by atoms with E-state index in [9.17, 15) is 4.79 Å². The maximum atomic E-state index is 10.6. The summed E-state index contributed by atoms with van der Waals surface area (Å²) in [5, 5.41) is 20.7. The molecule has 0 saturated heterocycles. The van der Waals surface area contributed by atoms with Crippen LogP contribution in [0.3, 0.4) is 0 Å². The van der Waals surface area contributed by atoms with Crippen LogP contribution in [0.5, 0.6) is 0 Å². The average molecular weight is 252 g/mol. The maximum absolute atomic E-state index is 10.6. The molecule has 0 radical (unpaired) electrons. The smallest absolute Gasteiger partial charge is 0.307 e. The van der Waals surface area contributed by atoms with Crippen molar-refractivity contribution in [2.45, 2.75) is 6.42 Å². The highest BCUT2D eigenvalue weighted by atomic mass is 16.4. The van der Waals surface area contributed by atoms with Crippen molar-refractivity contribution in [3.05, 3.63) is 59.7 Å². The molecule has 0 aliphatic heterocycles. The van der Waals surface area contributed by atoms with Crippen LogP contribution in [0, 0.1) is 11.3 Å². The van der Waals surface area contributed by atoms with E-state index in [1.165, 1.54) is 0 Å². The summed E-state index contributed by atoms with van der Waals surface area (Å²) in [5.74, 6) is -0.845. The molecule has 0 heterocycles. The van der Waals surface area contributed by atoms with Crippen LogP contribution in [0.15, 0.2) is 48.5 Å². The number of nitrogens with one attached hydrogen (secondary N) is 1. The summed E-state index contributed by atoms with van der Waals surface area (Å²) in [4.78, 5) is 10.6. The van der Waals surface area contributed by atoms with Gasteiger partial charge in [0.05, 0.1) is 18.1 Å². The lowest BCUT2D eigenvalue weighted by Gasteiger charge is -2.07. The number of benzene rings is 2. The van der Waals surface area contributed by atoms with Gasteiger partial charge in [-0.25, -0.2) is 0 Å². The molecule has 2 N–H and O–H groups in total. The lowest BCUT2D eigenvalue weighted by molar-refractivity contribution is -0.136. The topological polar surface area (TPSA) is 73.1 Å². The fourth-order valence-corrected chi connectivity index (χ4v) is 1.71. The number of hydrogen-bond donors (Lipinski definition) is 2. The van der Waals surface area contributed by atoms with Crippen LogP contribution in [0.1, 0.15) is 11.1 Å². The molecule has 0 atom stereocenters. The van der Waals surface area contributed by atoms with Crippen molar-refractivity contribution in [3.63, 3.8) is 0 Å². The highest BCUT2D eigenvalue weighted by Gasteiger charge is 2.01. The van der Waals surface area contributed by atoms with Crippen molar-refractivity contribution in [1.82, 2.24) is 0 Å². The summed E-state index contributed by atoms with van der Waals surface area (Å²) in [6.45, 7) is 0. The summed E-state index contributed by atoms with van der Waals surface area (Å²) in [6.07, 6.45) is 0.0181. The zero-order chi connectivity index (χ0) is 13.7. The van der Waals surface area contributed by atoms with Crippen LogP contribution in [-0.4, -0.2) is 11.1 Å². The van der Waals surface area contributed by atoms with E-state index in [1.54, 1.807) is 30.3 Å². The van der Waals surface area contributed by atoms with Crippen molar-refractivity contribution < 1.29 is 9.90 Å². The standard InChI is InChI=1S/C15H12N2O2/c16-10-12-2-1-3-14(8-12)17-13-6-4-11(5-7-13)9-15(18)19/h1-8,17H,9H2,(H,18,19). The van der Waals surface area contributed by atoms with Crippen LogP contribution in [0.2, 0.25) is 0 Å². The minimum absolute atomic E-state index is 0.0181. The van der Waals surface area contributed by atoms with Crippen molar-refractivity contribution in [2.75, 3.05) is 5.32 Å². The van der Waals surface area contributed by atoms with Gasteiger partial charge in [-0.15, -0.1) is 0 Å². The first-order valence-corrected chi connectivity index (χ1v) is 5.75. The Morgan fingerprint density at radius 2 is 1.89 bits per heavy atom. The van der Waals surface area contributed by atoms with Gasteiger partial charge in [0.2, 0.25) is 0 Å². The number of nitriles is 1. The molecule has 4 heteroatoms. The molecular weight excluding hydrogens is 240 g/mol. The van der Waals surface area contributed by atoms with Crippen molar-refractivity contribution in [1.29, 1.82) is 5.26 Å². The Morgan fingerprint density at radius 1 is 1.16 bits per heavy atom. The second-order valence-electron chi connectivity index (χ2n) is 4.09. The van der Waals surface area contributed by atoms with Gasteiger partial charge in [-0.1, -0.05) is 18.2 Å². The van der Waals surface area contributed by atoms with E-state index in [4.69, 9.17) is 10.4 Å². The van der Waals surface area contributed by atoms with Gasteiger partial charge >= 0.3 is 5.97 Å². The Kier molecular flexibility index (Phi) is 3.79. The van der Waals surface area contributed by atoms with E-state index >= 15 is 0 Å². The summed E-state index contributed by atoms with van der Waals surface area (Å²) in [6, 6.07) is 16.4. The van der Waals surface area contributed by atoms with Crippen LogP contribution in [-0.2, 0) is 11.2 Å². The van der Waals surface area contributed by atoms with Gasteiger partial charge in [0, 0.05) is 11.4 Å². The number of aliphatic carboxylic acids is 1. The largest absolute Gasteiger partial charge is 0.481 e. The number of nitrogens with zero attached hydrogens (tertiary/aromatic N) is 1. The van der Waals surface area contributed by atoms with Crippen LogP contribution in [0.25, 0.3) is 0 Å². The number of carboxylic acids is 1. The molecule has 4 nitrogen and oxygen atoms in total. The second kappa shape index (κ2) is 5.69. The Morgan fingerprint density at radius 3 is 2.53 bits per heavy atom. The zero-order valence-corrected chi connectivity index (χ0v) is 10.1. The van der Waals surface area contributed by atoms with Crippen molar-refractivity contribution in [3.8, 4) is 6.07 Å². The Balaban J connectivity index is 2.11. The number of rotatable bonds is 4. The van der Waals surface area contributed by atoms with Crippen molar-refractivity contribution in [2.24, 2.45) is 0 Å². The van der Waals surface area contributed by atoms with E-state index in [0.29, 0.717) is 5.56 Å². The summed E-state index contributed by atoms with van der Waals surface area (Å²) in [5.41, 5.74) is 3.02. The quantitative estimate of drug-likeness (QED) is 0.877. The molecule has 2 aromatic rings. The third-order valence-electron chi connectivity index (χ3n) is 2.59. The second-order valence-corrected chi connectivity index (χ2v) is 4.09. The molecular formula is C15H12N2O2.